The summed E-state index contributed by atoms with van der Waals surface area (Å²) in [5, 5.41) is 16.6. The Hall–Kier alpha value is -3.24. The second-order valence-electron chi connectivity index (χ2n) is 15.1. The van der Waals surface area contributed by atoms with Crippen molar-refractivity contribution in [2.75, 3.05) is 50.8 Å². The Morgan fingerprint density at radius 1 is 1.11 bits per heavy atom. The Balaban J connectivity index is 1.26. The molecule has 0 aliphatic carbocycles. The van der Waals surface area contributed by atoms with Gasteiger partial charge in [-0.25, -0.2) is 4.39 Å². The number of hydrogen-bond donors (Lipinski definition) is 2. The number of benzene rings is 3. The normalized spacial score (nSPS) is 23.3. The molecule has 3 atom stereocenters. The second-order valence-corrected chi connectivity index (χ2v) is 15.5. The van der Waals surface area contributed by atoms with Crippen LogP contribution in [0.15, 0.2) is 42.5 Å². The van der Waals surface area contributed by atoms with Gasteiger partial charge in [0.1, 0.15) is 17.1 Å². The topological polar surface area (TPSA) is 83.0 Å². The Morgan fingerprint density at radius 2 is 1.87 bits per heavy atom. The van der Waals surface area contributed by atoms with Gasteiger partial charge in [-0.15, -0.1) is 0 Å². The van der Waals surface area contributed by atoms with E-state index in [1.54, 1.807) is 18.2 Å². The fraction of sp³-hybridized carbons (Fsp3) is 0.514. The van der Waals surface area contributed by atoms with Gasteiger partial charge in [0.25, 0.3) is 0 Å². The molecule has 250 valence electrons. The van der Waals surface area contributed by atoms with E-state index in [1.165, 1.54) is 0 Å². The first-order valence-electron chi connectivity index (χ1n) is 16.8. The minimum absolute atomic E-state index is 0.0369. The van der Waals surface area contributed by atoms with Crippen LogP contribution in [0, 0.1) is 17.7 Å². The van der Waals surface area contributed by atoms with E-state index in [-0.39, 0.29) is 45.0 Å². The summed E-state index contributed by atoms with van der Waals surface area (Å²) in [4.78, 5) is 14.3. The minimum atomic E-state index is -0.558. The van der Waals surface area contributed by atoms with Crippen LogP contribution in [0.1, 0.15) is 47.5 Å². The molecule has 4 heterocycles. The van der Waals surface area contributed by atoms with E-state index in [0.29, 0.717) is 35.3 Å². The highest BCUT2D eigenvalue weighted by Crippen LogP contribution is 2.43. The highest BCUT2D eigenvalue weighted by atomic mass is 35.5. The summed E-state index contributed by atoms with van der Waals surface area (Å²) in [6.45, 7) is 16.2. The minimum Gasteiger partial charge on any atom is -0.508 e. The van der Waals surface area contributed by atoms with Gasteiger partial charge in [-0.1, -0.05) is 42.8 Å². The maximum atomic E-state index is 16.9. The van der Waals surface area contributed by atoms with Crippen molar-refractivity contribution in [1.82, 2.24) is 20.2 Å². The molecular weight excluding hydrogens is 617 g/mol. The van der Waals surface area contributed by atoms with Crippen molar-refractivity contribution in [3.8, 4) is 22.9 Å². The molecule has 0 spiro atoms. The molecule has 47 heavy (non-hydrogen) atoms. The summed E-state index contributed by atoms with van der Waals surface area (Å²) in [5.74, 6) is 0.907. The highest BCUT2D eigenvalue weighted by molar-refractivity contribution is 6.35. The predicted octanol–water partition coefficient (Wildman–Crippen LogP) is 7.04. The third kappa shape index (κ3) is 6.73. The number of ether oxygens (including phenoxy) is 2. The lowest BCUT2D eigenvalue weighted by Gasteiger charge is -2.47. The van der Waals surface area contributed by atoms with Gasteiger partial charge in [0.2, 0.25) is 0 Å². The maximum Gasteiger partial charge on any atom is 0.319 e. The molecule has 0 radical (unpaired) electrons. The Kier molecular flexibility index (Phi) is 8.48. The summed E-state index contributed by atoms with van der Waals surface area (Å²) < 4.78 is 29.5. The Morgan fingerprint density at radius 3 is 2.66 bits per heavy atom. The summed E-state index contributed by atoms with van der Waals surface area (Å²) in [5.41, 5.74) is 0.386. The van der Waals surface area contributed by atoms with E-state index in [1.807, 2.05) is 24.3 Å². The second kappa shape index (κ2) is 12.3. The first kappa shape index (κ1) is 32.3. The van der Waals surface area contributed by atoms with Crippen LogP contribution in [0.2, 0.25) is 5.02 Å². The third-order valence-corrected chi connectivity index (χ3v) is 9.95. The van der Waals surface area contributed by atoms with Gasteiger partial charge in [0.15, 0.2) is 5.82 Å². The number of rotatable bonds is 7. The lowest BCUT2D eigenvalue weighted by atomic mass is 9.96. The molecule has 3 saturated heterocycles. The summed E-state index contributed by atoms with van der Waals surface area (Å²) in [7, 11) is 0. The number of aromatic hydroxyl groups is 1. The van der Waals surface area contributed by atoms with Crippen molar-refractivity contribution in [3.05, 3.63) is 53.3 Å². The number of nitrogens with zero attached hydrogens (tertiary/aromatic N) is 4. The van der Waals surface area contributed by atoms with E-state index in [4.69, 9.17) is 31.0 Å². The monoisotopic (exact) mass is 661 g/mol. The molecule has 0 saturated carbocycles. The first-order chi connectivity index (χ1) is 22.3. The third-order valence-electron chi connectivity index (χ3n) is 9.65. The van der Waals surface area contributed by atoms with Crippen LogP contribution in [0.25, 0.3) is 32.8 Å². The molecule has 8 nitrogen and oxygen atoms in total. The fourth-order valence-electron chi connectivity index (χ4n) is 8.15. The molecule has 3 fully saturated rings. The number of fused-ring (bicyclic) bond motifs is 4. The molecule has 2 unspecified atom stereocenters. The Labute approximate surface area is 281 Å². The summed E-state index contributed by atoms with van der Waals surface area (Å²) >= 11 is 6.92. The van der Waals surface area contributed by atoms with E-state index in [2.05, 4.69) is 49.7 Å². The lowest BCUT2D eigenvalue weighted by Crippen LogP contribution is -2.58. The maximum absolute atomic E-state index is 16.9. The molecule has 1 aromatic heterocycles. The van der Waals surface area contributed by atoms with E-state index in [0.717, 1.165) is 62.9 Å². The zero-order valence-corrected chi connectivity index (χ0v) is 28.7. The van der Waals surface area contributed by atoms with Crippen LogP contribution in [0.5, 0.6) is 11.8 Å². The average Bonchev–Trinajstić information content (AvgIpc) is 3.32. The van der Waals surface area contributed by atoms with Crippen molar-refractivity contribution >= 4 is 39.1 Å². The van der Waals surface area contributed by atoms with Gasteiger partial charge < -0.3 is 24.8 Å². The van der Waals surface area contributed by atoms with Gasteiger partial charge in [-0.3, -0.25) is 4.90 Å². The molecular formula is C37H45ClFN5O3. The molecule has 3 aliphatic heterocycles. The quantitative estimate of drug-likeness (QED) is 0.218. The molecule has 2 bridgehead atoms. The molecule has 10 heteroatoms. The molecule has 7 rings (SSSR count). The van der Waals surface area contributed by atoms with Gasteiger partial charge in [-0.05, 0) is 87.5 Å². The van der Waals surface area contributed by atoms with Crippen LogP contribution in [0.4, 0.5) is 10.2 Å². The van der Waals surface area contributed by atoms with Gasteiger partial charge >= 0.3 is 6.01 Å². The number of nitrogens with one attached hydrogen (secondary N) is 1. The zero-order valence-electron chi connectivity index (χ0n) is 27.9. The van der Waals surface area contributed by atoms with Crippen molar-refractivity contribution in [2.24, 2.45) is 11.8 Å². The van der Waals surface area contributed by atoms with Gasteiger partial charge in [-0.2, -0.15) is 9.97 Å². The molecule has 4 aromatic rings. The van der Waals surface area contributed by atoms with E-state index >= 15 is 4.39 Å². The number of halogens is 2. The number of phenols is 1. The highest BCUT2D eigenvalue weighted by Gasteiger charge is 2.38. The SMILES string of the molecule is C[C@@H](COc1nc(N2CCC3CNC(C3)C2)c2cc(Cl)c(-c3cc(O)cc4ccccc34)c(F)c2n1)CN1CC(C)(C)OC(C)(C)C1. The van der Waals surface area contributed by atoms with Crippen molar-refractivity contribution in [2.45, 2.75) is 64.7 Å². The molecule has 3 aromatic carbocycles. The van der Waals surface area contributed by atoms with Crippen LogP contribution < -0.4 is 15.0 Å². The predicted molar refractivity (Wildman–Crippen MR) is 186 cm³/mol. The van der Waals surface area contributed by atoms with Crippen molar-refractivity contribution < 1.29 is 19.0 Å². The fourth-order valence-corrected chi connectivity index (χ4v) is 8.44. The molecule has 3 aliphatic rings. The van der Waals surface area contributed by atoms with Gasteiger partial charge in [0.05, 0.1) is 22.8 Å². The van der Waals surface area contributed by atoms with E-state index in [9.17, 15) is 5.11 Å². The van der Waals surface area contributed by atoms with Gasteiger partial charge in [0, 0.05) is 55.6 Å². The molecule has 0 amide bonds. The average molecular weight is 662 g/mol. The summed E-state index contributed by atoms with van der Waals surface area (Å²) in [6, 6.07) is 13.1. The number of morpholine rings is 1. The smallest absolute Gasteiger partial charge is 0.319 e. The Bertz CT molecular complexity index is 1800. The van der Waals surface area contributed by atoms with E-state index < -0.39 is 5.82 Å². The number of hydrogen-bond acceptors (Lipinski definition) is 8. The summed E-state index contributed by atoms with van der Waals surface area (Å²) in [6.07, 6.45) is 2.15. The number of anilines is 1. The standard InChI is InChI=1S/C37H45ClFN5O3/c1-22(17-43-20-36(2,3)47-37(4,5)21-43)19-46-35-41-33-29(34(42-35)44-11-10-23-12-25(18-44)40-16-23)15-30(38)31(32(33)39)28-14-26(45)13-24-8-6-7-9-27(24)28/h6-9,13-15,22-23,25,40,45H,10-12,16-21H2,1-5H3/t22-,23?,25?/m1/s1. The zero-order chi connectivity index (χ0) is 33.1. The van der Waals surface area contributed by atoms with Crippen LogP contribution in [0.3, 0.4) is 0 Å². The lowest BCUT2D eigenvalue weighted by molar-refractivity contribution is -0.182. The number of phenolic OH excluding ortho intramolecular Hbond substituents is 1. The largest absolute Gasteiger partial charge is 0.508 e. The number of aromatic nitrogens is 2. The van der Waals surface area contributed by atoms with Crippen LogP contribution in [-0.2, 0) is 4.74 Å². The van der Waals surface area contributed by atoms with Crippen LogP contribution in [-0.4, -0.2) is 83.1 Å². The first-order valence-corrected chi connectivity index (χ1v) is 17.2. The van der Waals surface area contributed by atoms with Crippen molar-refractivity contribution in [3.63, 3.8) is 0 Å². The van der Waals surface area contributed by atoms with Crippen molar-refractivity contribution in [1.29, 1.82) is 0 Å². The van der Waals surface area contributed by atoms with Crippen LogP contribution >= 0.6 is 11.6 Å². The molecule has 2 N–H and O–H groups in total.